The summed E-state index contributed by atoms with van der Waals surface area (Å²) < 4.78 is 23.3. The van der Waals surface area contributed by atoms with Crippen molar-refractivity contribution in [3.63, 3.8) is 0 Å². The Hall–Kier alpha value is -1.54. The third-order valence-electron chi connectivity index (χ3n) is 7.03. The summed E-state index contributed by atoms with van der Waals surface area (Å²) in [5.74, 6) is -0.261. The number of quaternary nitrogens is 1. The normalized spacial score (nSPS) is 15.5. The highest BCUT2D eigenvalue weighted by molar-refractivity contribution is 7.47. The summed E-state index contributed by atoms with van der Waals surface area (Å²) in [5.41, 5.74) is 0. The molecule has 8 nitrogen and oxygen atoms in total. The zero-order valence-corrected chi connectivity index (χ0v) is 29.5. The number of allylic oxidation sites excluding steroid dienone is 7. The van der Waals surface area contributed by atoms with Gasteiger partial charge in [-0.25, -0.2) is 4.57 Å². The van der Waals surface area contributed by atoms with Gasteiger partial charge in [0.2, 0.25) is 5.91 Å². The van der Waals surface area contributed by atoms with E-state index in [0.717, 1.165) is 32.1 Å². The molecule has 0 radical (unpaired) electrons. The van der Waals surface area contributed by atoms with Crippen LogP contribution < -0.4 is 5.32 Å². The molecule has 9 heteroatoms. The van der Waals surface area contributed by atoms with E-state index in [1.165, 1.54) is 57.8 Å². The van der Waals surface area contributed by atoms with E-state index in [0.29, 0.717) is 17.4 Å². The van der Waals surface area contributed by atoms with Gasteiger partial charge in [-0.2, -0.15) is 0 Å². The minimum Gasteiger partial charge on any atom is -0.387 e. The molecule has 44 heavy (non-hydrogen) atoms. The molecular weight excluding hydrogens is 575 g/mol. The molecule has 0 aromatic rings. The topological polar surface area (TPSA) is 105 Å². The maximum absolute atomic E-state index is 12.7. The van der Waals surface area contributed by atoms with Gasteiger partial charge < -0.3 is 19.8 Å². The van der Waals surface area contributed by atoms with Crippen molar-refractivity contribution < 1.29 is 32.9 Å². The molecule has 0 heterocycles. The van der Waals surface area contributed by atoms with Crippen LogP contribution >= 0.6 is 7.82 Å². The highest BCUT2D eigenvalue weighted by Gasteiger charge is 2.27. The molecule has 1 amide bonds. The number of aliphatic hydroxyl groups is 1. The summed E-state index contributed by atoms with van der Waals surface area (Å²) in [6.07, 6.45) is 32.0. The second kappa shape index (κ2) is 27.7. The zero-order valence-electron chi connectivity index (χ0n) is 28.6. The van der Waals surface area contributed by atoms with E-state index in [4.69, 9.17) is 9.05 Å². The van der Waals surface area contributed by atoms with Crippen molar-refractivity contribution in [2.45, 2.75) is 129 Å². The first-order chi connectivity index (χ1) is 21.0. The fraction of sp³-hybridized carbons (Fsp3) is 0.743. The fourth-order valence-electron chi connectivity index (χ4n) is 4.22. The van der Waals surface area contributed by atoms with Crippen LogP contribution in [0.1, 0.15) is 117 Å². The molecule has 3 unspecified atom stereocenters. The lowest BCUT2D eigenvalue weighted by Crippen LogP contribution is -2.45. The highest BCUT2D eigenvalue weighted by atomic mass is 31.2. The number of carbonyl (C=O) groups excluding carboxylic acids is 1. The lowest BCUT2D eigenvalue weighted by atomic mass is 10.1. The smallest absolute Gasteiger partial charge is 0.387 e. The monoisotopic (exact) mass is 641 g/mol. The number of nitrogens with zero attached hydrogens (tertiary/aromatic N) is 1. The number of unbranched alkanes of at least 4 members (excludes halogenated alkanes) is 10. The van der Waals surface area contributed by atoms with Crippen LogP contribution in [0, 0.1) is 0 Å². The molecular formula is C35H66N2O6P+. The SMILES string of the molecule is CCCCC/C=C/CC/C=C/C(O)C(COP(=O)(O)OCC[N+](C)(C)C)NC(=O)CC/C=C\C/C=C\CCCCCCCC. The molecule has 0 aliphatic rings. The molecule has 0 spiro atoms. The summed E-state index contributed by atoms with van der Waals surface area (Å²) in [6.45, 7) is 4.64. The van der Waals surface area contributed by atoms with E-state index in [-0.39, 0.29) is 25.5 Å². The molecule has 0 saturated heterocycles. The van der Waals surface area contributed by atoms with Gasteiger partial charge in [-0.05, 0) is 51.4 Å². The number of hydrogen-bond acceptors (Lipinski definition) is 5. The molecule has 0 fully saturated rings. The molecule has 0 rings (SSSR count). The van der Waals surface area contributed by atoms with Crippen LogP contribution in [-0.4, -0.2) is 73.4 Å². The van der Waals surface area contributed by atoms with Gasteiger partial charge in [-0.15, -0.1) is 0 Å². The van der Waals surface area contributed by atoms with Gasteiger partial charge in [0.15, 0.2) is 0 Å². The average Bonchev–Trinajstić information content (AvgIpc) is 2.95. The summed E-state index contributed by atoms with van der Waals surface area (Å²) in [6, 6.07) is -0.889. The Morgan fingerprint density at radius 2 is 1.32 bits per heavy atom. The minimum atomic E-state index is -4.34. The Bertz CT molecular complexity index is 866. The number of carbonyl (C=O) groups is 1. The van der Waals surface area contributed by atoms with Crippen molar-refractivity contribution in [3.05, 3.63) is 48.6 Å². The van der Waals surface area contributed by atoms with Crippen molar-refractivity contribution >= 4 is 13.7 Å². The molecule has 0 aliphatic heterocycles. The van der Waals surface area contributed by atoms with Crippen LogP contribution in [0.4, 0.5) is 0 Å². The van der Waals surface area contributed by atoms with Gasteiger partial charge in [0.05, 0.1) is 39.9 Å². The zero-order chi connectivity index (χ0) is 32.9. The fourth-order valence-corrected chi connectivity index (χ4v) is 4.96. The van der Waals surface area contributed by atoms with E-state index < -0.39 is 20.0 Å². The van der Waals surface area contributed by atoms with Crippen molar-refractivity contribution in [3.8, 4) is 0 Å². The van der Waals surface area contributed by atoms with Gasteiger partial charge >= 0.3 is 7.82 Å². The van der Waals surface area contributed by atoms with Crippen molar-refractivity contribution in [2.24, 2.45) is 0 Å². The van der Waals surface area contributed by atoms with Crippen LogP contribution in [-0.2, 0) is 18.4 Å². The molecule has 256 valence electrons. The Kier molecular flexibility index (Phi) is 26.8. The summed E-state index contributed by atoms with van der Waals surface area (Å²) in [4.78, 5) is 22.8. The Balaban J connectivity index is 4.74. The van der Waals surface area contributed by atoms with Crippen molar-refractivity contribution in [2.75, 3.05) is 40.9 Å². The maximum atomic E-state index is 12.7. The average molecular weight is 642 g/mol. The van der Waals surface area contributed by atoms with E-state index in [1.807, 2.05) is 33.3 Å². The van der Waals surface area contributed by atoms with Crippen molar-refractivity contribution in [1.29, 1.82) is 0 Å². The number of aliphatic hydroxyl groups excluding tert-OH is 1. The number of likely N-dealkylation sites (N-methyl/N-ethyl adjacent to an activating group) is 1. The van der Waals surface area contributed by atoms with Crippen LogP contribution in [0.25, 0.3) is 0 Å². The maximum Gasteiger partial charge on any atom is 0.472 e. The largest absolute Gasteiger partial charge is 0.472 e. The Morgan fingerprint density at radius 1 is 0.773 bits per heavy atom. The van der Waals surface area contributed by atoms with Crippen molar-refractivity contribution in [1.82, 2.24) is 5.32 Å². The van der Waals surface area contributed by atoms with Gasteiger partial charge in [0, 0.05) is 6.42 Å². The standard InChI is InChI=1S/C35H65N2O6P/c1-6-8-10-12-14-16-17-18-19-21-23-25-27-29-35(39)36-33(32-43-44(40,41)42-31-30-37(3,4)5)34(38)28-26-24-22-20-15-13-11-9-7-2/h15,18-20,23,25-26,28,33-34,38H,6-14,16-17,21-22,24,27,29-32H2,1-5H3,(H-,36,39,40,41)/p+1/b19-18-,20-15+,25-23-,28-26+. The molecule has 0 aromatic carbocycles. The molecule has 0 aromatic heterocycles. The van der Waals surface area contributed by atoms with Gasteiger partial charge in [0.1, 0.15) is 13.2 Å². The molecule has 3 N–H and O–H groups in total. The predicted octanol–water partition coefficient (Wildman–Crippen LogP) is 8.18. The number of phosphoric ester groups is 1. The second-order valence-corrected chi connectivity index (χ2v) is 14.0. The molecule has 0 saturated carbocycles. The molecule has 3 atom stereocenters. The Morgan fingerprint density at radius 3 is 2.00 bits per heavy atom. The van der Waals surface area contributed by atoms with Gasteiger partial charge in [0.25, 0.3) is 0 Å². The van der Waals surface area contributed by atoms with Crippen LogP contribution in [0.3, 0.4) is 0 Å². The van der Waals surface area contributed by atoms with Crippen LogP contribution in [0.15, 0.2) is 48.6 Å². The van der Waals surface area contributed by atoms with E-state index >= 15 is 0 Å². The molecule has 0 bridgehead atoms. The first-order valence-electron chi connectivity index (χ1n) is 17.0. The first-order valence-corrected chi connectivity index (χ1v) is 18.5. The number of phosphoric acid groups is 1. The lowest BCUT2D eigenvalue weighted by Gasteiger charge is -2.25. The number of amides is 1. The van der Waals surface area contributed by atoms with Crippen LogP contribution in [0.5, 0.6) is 0 Å². The quantitative estimate of drug-likeness (QED) is 0.0329. The summed E-state index contributed by atoms with van der Waals surface area (Å²) >= 11 is 0. The predicted molar refractivity (Wildman–Crippen MR) is 184 cm³/mol. The van der Waals surface area contributed by atoms with E-state index in [1.54, 1.807) is 6.08 Å². The second-order valence-electron chi connectivity index (χ2n) is 12.5. The first kappa shape index (κ1) is 42.5. The van der Waals surface area contributed by atoms with E-state index in [2.05, 4.69) is 49.5 Å². The minimum absolute atomic E-state index is 0.0449. The van der Waals surface area contributed by atoms with Crippen LogP contribution in [0.2, 0.25) is 0 Å². The third kappa shape index (κ3) is 29.2. The Labute approximate surface area is 269 Å². The number of hydrogen-bond donors (Lipinski definition) is 3. The van der Waals surface area contributed by atoms with Gasteiger partial charge in [-0.1, -0.05) is 107 Å². The third-order valence-corrected chi connectivity index (χ3v) is 8.02. The highest BCUT2D eigenvalue weighted by Crippen LogP contribution is 2.43. The lowest BCUT2D eigenvalue weighted by molar-refractivity contribution is -0.870. The van der Waals surface area contributed by atoms with E-state index in [9.17, 15) is 19.4 Å². The summed E-state index contributed by atoms with van der Waals surface area (Å²) in [7, 11) is 1.51. The number of nitrogens with one attached hydrogen (secondary N) is 1. The van der Waals surface area contributed by atoms with Gasteiger partial charge in [-0.3, -0.25) is 13.8 Å². The number of rotatable bonds is 29. The molecule has 0 aliphatic carbocycles. The summed E-state index contributed by atoms with van der Waals surface area (Å²) in [5, 5.41) is 13.6.